The predicted molar refractivity (Wildman–Crippen MR) is 91.1 cm³/mol. The minimum Gasteiger partial charge on any atom is -0.479 e. The van der Waals surface area contributed by atoms with E-state index >= 15 is 0 Å². The molecule has 0 radical (unpaired) electrons. The molecule has 13 heteroatoms. The summed E-state index contributed by atoms with van der Waals surface area (Å²) < 4.78 is 1.09. The average molecular weight is 398 g/mol. The van der Waals surface area contributed by atoms with Gasteiger partial charge in [-0.3, -0.25) is 9.69 Å². The highest BCUT2D eigenvalue weighted by molar-refractivity contribution is 8.01. The highest BCUT2D eigenvalue weighted by Crippen LogP contribution is 2.40. The Kier molecular flexibility index (Phi) is 5.02. The number of carbonyl (C=O) groups excluding carboxylic acids is 1. The molecule has 26 heavy (non-hydrogen) atoms. The lowest BCUT2D eigenvalue weighted by Crippen LogP contribution is -2.68. The van der Waals surface area contributed by atoms with Crippen molar-refractivity contribution in [1.82, 2.24) is 25.1 Å². The van der Waals surface area contributed by atoms with Gasteiger partial charge in [-0.15, -0.1) is 23.4 Å². The average Bonchev–Trinajstić information content (AvgIpc) is 3.06. The number of amides is 1. The molecule has 0 spiro atoms. The van der Waals surface area contributed by atoms with Crippen LogP contribution >= 0.6 is 23.5 Å². The van der Waals surface area contributed by atoms with Crippen LogP contribution in [0.5, 0.6) is 0 Å². The van der Waals surface area contributed by atoms with Crippen molar-refractivity contribution >= 4 is 41.4 Å². The monoisotopic (exact) mass is 398 g/mol. The van der Waals surface area contributed by atoms with Crippen molar-refractivity contribution in [2.75, 3.05) is 11.5 Å². The Balaban J connectivity index is 1.82. The summed E-state index contributed by atoms with van der Waals surface area (Å²) in [5, 5.41) is 29.4. The number of carboxylic acid groups (broad SMARTS) is 2. The molecule has 0 bridgehead atoms. The molecule has 0 aliphatic carbocycles. The van der Waals surface area contributed by atoms with Gasteiger partial charge in [0.25, 0.3) is 0 Å². The summed E-state index contributed by atoms with van der Waals surface area (Å²) in [4.78, 5) is 36.0. The standard InChI is InChI=1S/C13H14N6O5S2/c1-2-6(11(21)22)19-13(15-16-17-19)26-4-5-3-25-10-7(14)9(20)18(10)8(5)12(23)24/h2,6-7,10H,1,3-4,14H2,(H,21,22)(H,23,24)/t6?,7?,10-/m1/s1. The molecular formula is C13H14N6O5S2. The van der Waals surface area contributed by atoms with Crippen molar-refractivity contribution in [1.29, 1.82) is 0 Å². The number of carbonyl (C=O) groups is 3. The Labute approximate surface area is 155 Å². The first-order valence-electron chi connectivity index (χ1n) is 7.28. The maximum atomic E-state index is 11.9. The van der Waals surface area contributed by atoms with E-state index in [2.05, 4.69) is 22.1 Å². The van der Waals surface area contributed by atoms with Crippen molar-refractivity contribution in [3.8, 4) is 0 Å². The number of hydrogen-bond acceptors (Lipinski definition) is 9. The molecule has 138 valence electrons. The molecular weight excluding hydrogens is 384 g/mol. The third-order valence-electron chi connectivity index (χ3n) is 3.87. The molecule has 3 atom stereocenters. The number of tetrazole rings is 1. The van der Waals surface area contributed by atoms with Gasteiger partial charge >= 0.3 is 11.9 Å². The van der Waals surface area contributed by atoms with Crippen molar-refractivity contribution in [2.24, 2.45) is 5.73 Å². The van der Waals surface area contributed by atoms with E-state index in [4.69, 9.17) is 5.73 Å². The number of rotatable bonds is 7. The second-order valence-electron chi connectivity index (χ2n) is 5.41. The quantitative estimate of drug-likeness (QED) is 0.298. The van der Waals surface area contributed by atoms with Crippen LogP contribution in [0.25, 0.3) is 0 Å². The topological polar surface area (TPSA) is 165 Å². The van der Waals surface area contributed by atoms with E-state index in [1.165, 1.54) is 22.7 Å². The van der Waals surface area contributed by atoms with Gasteiger partial charge < -0.3 is 15.9 Å². The molecule has 1 aromatic rings. The molecule has 1 saturated heterocycles. The third kappa shape index (κ3) is 2.97. The van der Waals surface area contributed by atoms with E-state index in [-0.39, 0.29) is 22.0 Å². The maximum absolute atomic E-state index is 11.9. The summed E-state index contributed by atoms with van der Waals surface area (Å²) >= 11 is 2.47. The Morgan fingerprint density at radius 1 is 1.50 bits per heavy atom. The molecule has 3 rings (SSSR count). The summed E-state index contributed by atoms with van der Waals surface area (Å²) in [6, 6.07) is -1.83. The van der Waals surface area contributed by atoms with Gasteiger partial charge in [0, 0.05) is 11.5 Å². The minimum absolute atomic E-state index is 0.0783. The van der Waals surface area contributed by atoms with Gasteiger partial charge in [0.2, 0.25) is 11.1 Å². The largest absolute Gasteiger partial charge is 0.479 e. The van der Waals surface area contributed by atoms with Crippen molar-refractivity contribution in [3.63, 3.8) is 0 Å². The number of β-lactam (4-membered cyclic amide) rings is 1. The Bertz CT molecular complexity index is 824. The number of fused-ring (bicyclic) bond motifs is 1. The zero-order chi connectivity index (χ0) is 19.0. The summed E-state index contributed by atoms with van der Waals surface area (Å²) in [6.07, 6.45) is 1.19. The van der Waals surface area contributed by atoms with E-state index in [1.807, 2.05) is 0 Å². The molecule has 4 N–H and O–H groups in total. The lowest BCUT2D eigenvalue weighted by atomic mass is 10.0. The van der Waals surface area contributed by atoms with Crippen molar-refractivity contribution in [2.45, 2.75) is 22.6 Å². The van der Waals surface area contributed by atoms with Gasteiger partial charge in [0.1, 0.15) is 17.1 Å². The molecule has 11 nitrogen and oxygen atoms in total. The second-order valence-corrected chi connectivity index (χ2v) is 7.45. The lowest BCUT2D eigenvalue weighted by Gasteiger charge is -2.48. The van der Waals surface area contributed by atoms with Crippen LogP contribution in [0.2, 0.25) is 0 Å². The van der Waals surface area contributed by atoms with E-state index in [9.17, 15) is 24.6 Å². The number of hydrogen-bond donors (Lipinski definition) is 3. The van der Waals surface area contributed by atoms with Crippen LogP contribution in [0.1, 0.15) is 6.04 Å². The molecule has 2 aliphatic heterocycles. The number of nitrogens with zero attached hydrogens (tertiary/aromatic N) is 5. The minimum atomic E-state index is -1.21. The number of aliphatic carboxylic acids is 2. The van der Waals surface area contributed by atoms with E-state index < -0.39 is 29.9 Å². The van der Waals surface area contributed by atoms with Crippen LogP contribution in [0, 0.1) is 0 Å². The summed E-state index contributed by atoms with van der Waals surface area (Å²) in [5.74, 6) is -2.23. The van der Waals surface area contributed by atoms with Gasteiger partial charge in [-0.1, -0.05) is 17.8 Å². The summed E-state index contributed by atoms with van der Waals surface area (Å²) in [6.45, 7) is 3.45. The van der Waals surface area contributed by atoms with Gasteiger partial charge in [0.05, 0.1) is 0 Å². The summed E-state index contributed by atoms with van der Waals surface area (Å²) in [5.41, 5.74) is 6.14. The van der Waals surface area contributed by atoms with Gasteiger partial charge in [-0.05, 0) is 16.0 Å². The molecule has 3 heterocycles. The van der Waals surface area contributed by atoms with Crippen molar-refractivity contribution in [3.05, 3.63) is 23.9 Å². The van der Waals surface area contributed by atoms with Crippen LogP contribution in [0.4, 0.5) is 0 Å². The number of thioether (sulfide) groups is 2. The first-order chi connectivity index (χ1) is 12.4. The molecule has 1 fully saturated rings. The number of nitrogens with two attached hydrogens (primary N) is 1. The van der Waals surface area contributed by atoms with Crippen LogP contribution in [-0.4, -0.2) is 76.1 Å². The molecule has 2 aliphatic rings. The van der Waals surface area contributed by atoms with E-state index in [1.54, 1.807) is 0 Å². The van der Waals surface area contributed by atoms with Crippen LogP contribution in [0.3, 0.4) is 0 Å². The smallest absolute Gasteiger partial charge is 0.352 e. The zero-order valence-electron chi connectivity index (χ0n) is 13.2. The van der Waals surface area contributed by atoms with Crippen LogP contribution in [0.15, 0.2) is 29.1 Å². The molecule has 1 amide bonds. The SMILES string of the molecule is C=CC(C(=O)O)n1nnnc1SCC1=C(C(=O)O)N2C(=O)C(N)[C@H]2SC1. The van der Waals surface area contributed by atoms with Gasteiger partial charge in [-0.25, -0.2) is 14.3 Å². The molecule has 0 saturated carbocycles. The van der Waals surface area contributed by atoms with E-state index in [0.717, 1.165) is 16.4 Å². The Morgan fingerprint density at radius 3 is 2.85 bits per heavy atom. The highest BCUT2D eigenvalue weighted by Gasteiger charge is 2.51. The van der Waals surface area contributed by atoms with Crippen LogP contribution in [-0.2, 0) is 14.4 Å². The van der Waals surface area contributed by atoms with Crippen molar-refractivity contribution < 1.29 is 24.6 Å². The zero-order valence-corrected chi connectivity index (χ0v) is 14.8. The third-order valence-corrected chi connectivity index (χ3v) is 6.25. The number of aromatic nitrogens is 4. The van der Waals surface area contributed by atoms with E-state index in [0.29, 0.717) is 11.3 Å². The van der Waals surface area contributed by atoms with Gasteiger partial charge in [0.15, 0.2) is 6.04 Å². The highest BCUT2D eigenvalue weighted by atomic mass is 32.2. The molecule has 2 unspecified atom stereocenters. The Morgan fingerprint density at radius 2 is 2.23 bits per heavy atom. The summed E-state index contributed by atoms with van der Waals surface area (Å²) in [7, 11) is 0. The fraction of sp³-hybridized carbons (Fsp3) is 0.385. The first kappa shape index (κ1) is 18.4. The van der Waals surface area contributed by atoms with Crippen LogP contribution < -0.4 is 5.73 Å². The predicted octanol–water partition coefficient (Wildman–Crippen LogP) is -0.842. The second kappa shape index (κ2) is 7.09. The maximum Gasteiger partial charge on any atom is 0.352 e. The molecule has 1 aromatic heterocycles. The number of carboxylic acids is 2. The Hall–Kier alpha value is -2.38. The lowest BCUT2D eigenvalue weighted by molar-refractivity contribution is -0.147. The molecule has 0 aromatic carbocycles. The van der Waals surface area contributed by atoms with Gasteiger partial charge in [-0.2, -0.15) is 0 Å². The fourth-order valence-corrected chi connectivity index (χ4v) is 4.94. The first-order valence-corrected chi connectivity index (χ1v) is 9.31. The fourth-order valence-electron chi connectivity index (χ4n) is 2.60. The normalized spacial score (nSPS) is 23.3.